The fourth-order valence-electron chi connectivity index (χ4n) is 4.69. The van der Waals surface area contributed by atoms with Crippen molar-refractivity contribution in [3.05, 3.63) is 76.3 Å². The third-order valence-corrected chi connectivity index (χ3v) is 6.45. The predicted octanol–water partition coefficient (Wildman–Crippen LogP) is 2.25. The first-order valence-electron chi connectivity index (χ1n) is 12.5. The maximum Gasteiger partial charge on any atom is 0.268 e. The normalized spacial score (nSPS) is 14.4. The highest BCUT2D eigenvalue weighted by Gasteiger charge is 2.21. The molecule has 1 saturated heterocycles. The van der Waals surface area contributed by atoms with Crippen LogP contribution in [0.3, 0.4) is 0 Å². The van der Waals surface area contributed by atoms with E-state index in [0.717, 1.165) is 35.8 Å². The molecular formula is C27H30N8O3. The van der Waals surface area contributed by atoms with Crippen LogP contribution < -0.4 is 27.2 Å². The van der Waals surface area contributed by atoms with Gasteiger partial charge in [0.25, 0.3) is 11.5 Å². The van der Waals surface area contributed by atoms with Gasteiger partial charge in [0.15, 0.2) is 5.82 Å². The van der Waals surface area contributed by atoms with E-state index in [1.807, 2.05) is 61.5 Å². The SMILES string of the molecule is CCc1nc2cccc(N3CCOCC3)c2c(=O)n1-c1ccccc1.NC(=O)c1c(N)nn2c1NCC=C2. The van der Waals surface area contributed by atoms with Crippen molar-refractivity contribution in [1.29, 1.82) is 0 Å². The number of rotatable bonds is 4. The number of amides is 1. The highest BCUT2D eigenvalue weighted by atomic mass is 16.5. The van der Waals surface area contributed by atoms with Crippen molar-refractivity contribution in [3.63, 3.8) is 0 Å². The molecule has 2 aliphatic heterocycles. The van der Waals surface area contributed by atoms with Gasteiger partial charge in [-0.15, -0.1) is 5.10 Å². The Balaban J connectivity index is 0.000000190. The number of carbonyl (C=O) groups excluding carboxylic acids is 1. The summed E-state index contributed by atoms with van der Waals surface area (Å²) in [6, 6.07) is 15.7. The van der Waals surface area contributed by atoms with E-state index in [-0.39, 0.29) is 16.9 Å². The van der Waals surface area contributed by atoms with Crippen LogP contribution in [-0.2, 0) is 11.2 Å². The third kappa shape index (κ3) is 4.71. The van der Waals surface area contributed by atoms with Gasteiger partial charge in [0.1, 0.15) is 17.2 Å². The van der Waals surface area contributed by atoms with Gasteiger partial charge in [0.2, 0.25) is 0 Å². The number of carbonyl (C=O) groups is 1. The minimum Gasteiger partial charge on any atom is -0.381 e. The lowest BCUT2D eigenvalue weighted by Crippen LogP contribution is -2.37. The molecule has 0 radical (unpaired) electrons. The Hall–Kier alpha value is -4.64. The molecule has 0 atom stereocenters. The molecular weight excluding hydrogens is 484 g/mol. The summed E-state index contributed by atoms with van der Waals surface area (Å²) in [4.78, 5) is 31.4. The number of primary amides is 1. The lowest BCUT2D eigenvalue weighted by molar-refractivity contribution is 0.100. The van der Waals surface area contributed by atoms with Gasteiger partial charge in [-0.25, -0.2) is 9.67 Å². The van der Waals surface area contributed by atoms with Crippen LogP contribution >= 0.6 is 0 Å². The van der Waals surface area contributed by atoms with E-state index in [1.54, 1.807) is 10.8 Å². The lowest BCUT2D eigenvalue weighted by atomic mass is 10.1. The van der Waals surface area contributed by atoms with E-state index in [9.17, 15) is 9.59 Å². The number of hydrogen-bond donors (Lipinski definition) is 3. The highest BCUT2D eigenvalue weighted by molar-refractivity contribution is 6.02. The average molecular weight is 515 g/mol. The fourth-order valence-corrected chi connectivity index (χ4v) is 4.69. The lowest BCUT2D eigenvalue weighted by Gasteiger charge is -2.29. The van der Waals surface area contributed by atoms with Gasteiger partial charge in [0, 0.05) is 32.3 Å². The molecule has 0 saturated carbocycles. The average Bonchev–Trinajstić information content (AvgIpc) is 3.29. The first-order valence-corrected chi connectivity index (χ1v) is 12.5. The molecule has 0 unspecified atom stereocenters. The molecule has 6 rings (SSSR count). The third-order valence-electron chi connectivity index (χ3n) is 6.45. The summed E-state index contributed by atoms with van der Waals surface area (Å²) in [6.45, 7) is 5.62. The zero-order valence-electron chi connectivity index (χ0n) is 21.1. The van der Waals surface area contributed by atoms with E-state index >= 15 is 0 Å². The number of nitrogens with two attached hydrogens (primary N) is 2. The van der Waals surface area contributed by atoms with Crippen LogP contribution in [0.5, 0.6) is 0 Å². The molecule has 2 aromatic carbocycles. The Labute approximate surface area is 219 Å². The van der Waals surface area contributed by atoms with E-state index in [0.29, 0.717) is 37.4 Å². The Morgan fingerprint density at radius 2 is 1.87 bits per heavy atom. The second kappa shape index (κ2) is 10.8. The van der Waals surface area contributed by atoms with E-state index in [4.69, 9.17) is 21.2 Å². The number of aryl methyl sites for hydroxylation is 1. The minimum absolute atomic E-state index is 0.00450. The van der Waals surface area contributed by atoms with Crippen LogP contribution in [0.25, 0.3) is 22.8 Å². The summed E-state index contributed by atoms with van der Waals surface area (Å²) >= 11 is 0. The number of nitrogens with one attached hydrogen (secondary N) is 1. The molecule has 4 aromatic rings. The molecule has 38 heavy (non-hydrogen) atoms. The second-order valence-corrected chi connectivity index (χ2v) is 8.81. The van der Waals surface area contributed by atoms with Crippen molar-refractivity contribution in [2.75, 3.05) is 48.8 Å². The molecule has 0 aliphatic carbocycles. The number of anilines is 3. The summed E-state index contributed by atoms with van der Waals surface area (Å²) in [6.07, 6.45) is 4.29. The van der Waals surface area contributed by atoms with Crippen LogP contribution in [0, 0.1) is 0 Å². The van der Waals surface area contributed by atoms with Gasteiger partial charge in [0.05, 0.1) is 35.5 Å². The largest absolute Gasteiger partial charge is 0.381 e. The molecule has 2 aromatic heterocycles. The molecule has 2 aliphatic rings. The standard InChI is InChI=1S/C20H21N3O2.C7H9N5O/c1-2-18-21-16-9-6-10-17(22-11-13-25-14-12-22)19(16)20(24)23(18)15-7-4-3-5-8-15;8-5-4(6(9)13)7-10-2-1-3-12(7)11-5/h3-10H,2,11-14H2,1H3;1,3,10H,2H2,(H2,8,11)(H2,9,13). The summed E-state index contributed by atoms with van der Waals surface area (Å²) in [5.41, 5.74) is 13.5. The number of fused-ring (bicyclic) bond motifs is 2. The summed E-state index contributed by atoms with van der Waals surface area (Å²) in [5.74, 6) is 0.929. The van der Waals surface area contributed by atoms with E-state index in [1.165, 1.54) is 4.68 Å². The number of hydrogen-bond acceptors (Lipinski definition) is 8. The van der Waals surface area contributed by atoms with E-state index < -0.39 is 5.91 Å². The van der Waals surface area contributed by atoms with Gasteiger partial charge >= 0.3 is 0 Å². The van der Waals surface area contributed by atoms with Crippen molar-refractivity contribution in [1.82, 2.24) is 19.3 Å². The van der Waals surface area contributed by atoms with Gasteiger partial charge in [-0.3, -0.25) is 14.2 Å². The number of aromatic nitrogens is 4. The summed E-state index contributed by atoms with van der Waals surface area (Å²) < 4.78 is 8.69. The Morgan fingerprint density at radius 3 is 2.58 bits per heavy atom. The summed E-state index contributed by atoms with van der Waals surface area (Å²) in [7, 11) is 0. The Morgan fingerprint density at radius 1 is 1.11 bits per heavy atom. The quantitative estimate of drug-likeness (QED) is 0.376. The number of ether oxygens (including phenoxy) is 1. The van der Waals surface area contributed by atoms with E-state index in [2.05, 4.69) is 15.3 Å². The first-order chi connectivity index (χ1) is 18.5. The van der Waals surface area contributed by atoms with Crippen LogP contribution in [0.2, 0.25) is 0 Å². The molecule has 11 heteroatoms. The zero-order valence-corrected chi connectivity index (χ0v) is 21.1. The number of para-hydroxylation sites is 1. The molecule has 196 valence electrons. The molecule has 1 fully saturated rings. The molecule has 0 bridgehead atoms. The zero-order chi connectivity index (χ0) is 26.6. The monoisotopic (exact) mass is 514 g/mol. The van der Waals surface area contributed by atoms with Crippen LogP contribution in [0.15, 0.2) is 59.4 Å². The Kier molecular flexibility index (Phi) is 7.09. The maximum atomic E-state index is 13.4. The molecule has 1 amide bonds. The van der Waals surface area contributed by atoms with Crippen molar-refractivity contribution in [2.24, 2.45) is 5.73 Å². The summed E-state index contributed by atoms with van der Waals surface area (Å²) in [5, 5.41) is 7.57. The van der Waals surface area contributed by atoms with Crippen molar-refractivity contribution in [3.8, 4) is 5.69 Å². The molecule has 4 heterocycles. The van der Waals surface area contributed by atoms with Gasteiger partial charge in [-0.2, -0.15) is 0 Å². The maximum absolute atomic E-state index is 13.4. The Bertz CT molecular complexity index is 1550. The van der Waals surface area contributed by atoms with Crippen LogP contribution in [0.1, 0.15) is 23.1 Å². The highest BCUT2D eigenvalue weighted by Crippen LogP contribution is 2.25. The van der Waals surface area contributed by atoms with Crippen LogP contribution in [0.4, 0.5) is 17.3 Å². The number of nitrogens with zero attached hydrogens (tertiary/aromatic N) is 5. The van der Waals surface area contributed by atoms with Gasteiger partial charge in [-0.1, -0.05) is 31.2 Å². The molecule has 11 nitrogen and oxygen atoms in total. The predicted molar refractivity (Wildman–Crippen MR) is 149 cm³/mol. The van der Waals surface area contributed by atoms with Crippen molar-refractivity contribution < 1.29 is 9.53 Å². The molecule has 5 N–H and O–H groups in total. The fraction of sp³-hybridized carbons (Fsp3) is 0.259. The second-order valence-electron chi connectivity index (χ2n) is 8.81. The number of benzene rings is 2. The molecule has 0 spiro atoms. The van der Waals surface area contributed by atoms with Crippen molar-refractivity contribution in [2.45, 2.75) is 13.3 Å². The van der Waals surface area contributed by atoms with Gasteiger partial charge < -0.3 is 26.4 Å². The topological polar surface area (TPSA) is 146 Å². The smallest absolute Gasteiger partial charge is 0.268 e. The van der Waals surface area contributed by atoms with Crippen molar-refractivity contribution >= 4 is 40.3 Å². The minimum atomic E-state index is -0.568. The number of nitrogen functional groups attached to an aromatic ring is 1. The van der Waals surface area contributed by atoms with Crippen LogP contribution in [-0.4, -0.2) is 58.1 Å². The van der Waals surface area contributed by atoms with Gasteiger partial charge in [-0.05, 0) is 30.3 Å². The number of morpholine rings is 1. The first kappa shape index (κ1) is 25.0.